The molecule has 3 aromatic rings. The number of nitrogens with zero attached hydrogens (tertiary/aromatic N) is 2. The average molecular weight is 388 g/mol. The summed E-state index contributed by atoms with van der Waals surface area (Å²) in [7, 11) is 2.85. The van der Waals surface area contributed by atoms with Gasteiger partial charge in [0.15, 0.2) is 5.69 Å². The number of rotatable bonds is 3. The first-order valence-corrected chi connectivity index (χ1v) is 7.93. The highest BCUT2D eigenvalue weighted by molar-refractivity contribution is 9.10. The van der Waals surface area contributed by atoms with Crippen molar-refractivity contribution >= 4 is 38.7 Å². The standard InChI is InChI=1S/C17H14BrN3O3/c1-19-16(22)10-6-7-14-13(8-10)15(17(23)24-2)20-21(14)12-5-3-4-11(18)9-12/h3-9H,1-2H3,(H,19,22). The van der Waals surface area contributed by atoms with Gasteiger partial charge in [0.05, 0.1) is 18.3 Å². The summed E-state index contributed by atoms with van der Waals surface area (Å²) in [5.41, 5.74) is 2.11. The van der Waals surface area contributed by atoms with Crippen LogP contribution in [-0.4, -0.2) is 35.8 Å². The van der Waals surface area contributed by atoms with Crippen molar-refractivity contribution in [2.24, 2.45) is 0 Å². The molecule has 0 atom stereocenters. The molecule has 0 saturated heterocycles. The fourth-order valence-electron chi connectivity index (χ4n) is 2.46. The van der Waals surface area contributed by atoms with Crippen LogP contribution in [0.5, 0.6) is 0 Å². The molecule has 0 aliphatic heterocycles. The Labute approximate surface area is 146 Å². The summed E-state index contributed by atoms with van der Waals surface area (Å²) >= 11 is 3.43. The van der Waals surface area contributed by atoms with E-state index < -0.39 is 5.97 Å². The number of aromatic nitrogens is 2. The number of nitrogens with one attached hydrogen (secondary N) is 1. The lowest BCUT2D eigenvalue weighted by Crippen LogP contribution is -2.17. The number of ether oxygens (including phenoxy) is 1. The minimum absolute atomic E-state index is 0.165. The summed E-state index contributed by atoms with van der Waals surface area (Å²) in [6.07, 6.45) is 0. The fourth-order valence-corrected chi connectivity index (χ4v) is 2.84. The number of carbonyl (C=O) groups excluding carboxylic acids is 2. The topological polar surface area (TPSA) is 73.2 Å². The number of carbonyl (C=O) groups is 2. The number of halogens is 1. The van der Waals surface area contributed by atoms with Crippen molar-refractivity contribution in [1.82, 2.24) is 15.1 Å². The van der Waals surface area contributed by atoms with Crippen LogP contribution in [0.2, 0.25) is 0 Å². The highest BCUT2D eigenvalue weighted by Gasteiger charge is 2.20. The Morgan fingerprint density at radius 3 is 2.67 bits per heavy atom. The van der Waals surface area contributed by atoms with E-state index in [4.69, 9.17) is 4.74 Å². The zero-order chi connectivity index (χ0) is 17.3. The molecule has 0 aliphatic carbocycles. The normalized spacial score (nSPS) is 10.6. The highest BCUT2D eigenvalue weighted by atomic mass is 79.9. The van der Waals surface area contributed by atoms with Gasteiger partial charge in [-0.3, -0.25) is 4.79 Å². The molecule has 2 aromatic carbocycles. The Hall–Kier alpha value is -2.67. The van der Waals surface area contributed by atoms with Gasteiger partial charge in [-0.25, -0.2) is 9.48 Å². The van der Waals surface area contributed by atoms with Gasteiger partial charge in [0.1, 0.15) is 0 Å². The first kappa shape index (κ1) is 16.2. The van der Waals surface area contributed by atoms with Crippen molar-refractivity contribution in [2.75, 3.05) is 14.2 Å². The minimum Gasteiger partial charge on any atom is -0.464 e. The predicted molar refractivity (Wildman–Crippen MR) is 93.5 cm³/mol. The molecule has 6 nitrogen and oxygen atoms in total. The van der Waals surface area contributed by atoms with E-state index in [1.54, 1.807) is 29.9 Å². The monoisotopic (exact) mass is 387 g/mol. The molecule has 0 radical (unpaired) electrons. The number of fused-ring (bicyclic) bond motifs is 1. The molecule has 1 aromatic heterocycles. The summed E-state index contributed by atoms with van der Waals surface area (Å²) in [5.74, 6) is -0.786. The summed E-state index contributed by atoms with van der Waals surface area (Å²) in [5, 5.41) is 7.51. The molecule has 0 fully saturated rings. The lowest BCUT2D eigenvalue weighted by Gasteiger charge is -2.04. The summed E-state index contributed by atoms with van der Waals surface area (Å²) in [4.78, 5) is 24.0. The van der Waals surface area contributed by atoms with Gasteiger partial charge in [-0.05, 0) is 36.4 Å². The average Bonchev–Trinajstić information content (AvgIpc) is 2.99. The second-order valence-electron chi connectivity index (χ2n) is 5.04. The number of methoxy groups -OCH3 is 1. The van der Waals surface area contributed by atoms with Gasteiger partial charge < -0.3 is 10.1 Å². The molecule has 0 spiro atoms. The second-order valence-corrected chi connectivity index (χ2v) is 5.96. The molecule has 0 saturated carbocycles. The number of hydrogen-bond acceptors (Lipinski definition) is 4. The lowest BCUT2D eigenvalue weighted by atomic mass is 10.1. The van der Waals surface area contributed by atoms with Crippen molar-refractivity contribution in [3.8, 4) is 5.69 Å². The molecule has 0 bridgehead atoms. The molecular formula is C17H14BrN3O3. The Bertz CT molecular complexity index is 949. The lowest BCUT2D eigenvalue weighted by molar-refractivity contribution is 0.0595. The molecule has 1 heterocycles. The maximum Gasteiger partial charge on any atom is 0.359 e. The second kappa shape index (κ2) is 6.45. The summed E-state index contributed by atoms with van der Waals surface area (Å²) in [6.45, 7) is 0. The highest BCUT2D eigenvalue weighted by Crippen LogP contribution is 2.25. The van der Waals surface area contributed by atoms with Gasteiger partial charge >= 0.3 is 5.97 Å². The van der Waals surface area contributed by atoms with E-state index >= 15 is 0 Å². The third-order valence-corrected chi connectivity index (χ3v) is 4.09. The van der Waals surface area contributed by atoms with Gasteiger partial charge in [-0.2, -0.15) is 5.10 Å². The van der Waals surface area contributed by atoms with Crippen LogP contribution in [0.15, 0.2) is 46.9 Å². The number of benzene rings is 2. The third-order valence-electron chi connectivity index (χ3n) is 3.60. The number of amides is 1. The molecule has 1 amide bonds. The van der Waals surface area contributed by atoms with Crippen molar-refractivity contribution in [3.63, 3.8) is 0 Å². The Morgan fingerprint density at radius 2 is 2.00 bits per heavy atom. The van der Waals surface area contributed by atoms with Crippen molar-refractivity contribution in [3.05, 3.63) is 58.2 Å². The maximum absolute atomic E-state index is 12.1. The Morgan fingerprint density at radius 1 is 1.21 bits per heavy atom. The van der Waals surface area contributed by atoms with Crippen molar-refractivity contribution in [1.29, 1.82) is 0 Å². The zero-order valence-electron chi connectivity index (χ0n) is 13.0. The van der Waals surface area contributed by atoms with Crippen LogP contribution >= 0.6 is 15.9 Å². The van der Waals surface area contributed by atoms with Gasteiger partial charge in [0, 0.05) is 22.5 Å². The van der Waals surface area contributed by atoms with E-state index in [2.05, 4.69) is 26.3 Å². The van der Waals surface area contributed by atoms with Crippen molar-refractivity contribution < 1.29 is 14.3 Å². The van der Waals surface area contributed by atoms with Crippen LogP contribution < -0.4 is 5.32 Å². The van der Waals surface area contributed by atoms with Gasteiger partial charge in [-0.15, -0.1) is 0 Å². The quantitative estimate of drug-likeness (QED) is 0.701. The molecule has 0 aliphatic rings. The molecule has 1 N–H and O–H groups in total. The molecule has 24 heavy (non-hydrogen) atoms. The van der Waals surface area contributed by atoms with E-state index in [1.165, 1.54) is 7.11 Å². The molecule has 122 valence electrons. The molecule has 7 heteroatoms. The molecule has 3 rings (SSSR count). The minimum atomic E-state index is -0.553. The first-order chi connectivity index (χ1) is 11.5. The van der Waals surface area contributed by atoms with Crippen LogP contribution in [0.3, 0.4) is 0 Å². The SMILES string of the molecule is CNC(=O)c1ccc2c(c1)c(C(=O)OC)nn2-c1cccc(Br)c1. The Balaban J connectivity index is 2.28. The zero-order valence-corrected chi connectivity index (χ0v) is 14.6. The van der Waals surface area contributed by atoms with Crippen LogP contribution in [0.25, 0.3) is 16.6 Å². The van der Waals surface area contributed by atoms with E-state index in [0.29, 0.717) is 16.5 Å². The third kappa shape index (κ3) is 2.78. The maximum atomic E-state index is 12.1. The van der Waals surface area contributed by atoms with E-state index in [9.17, 15) is 9.59 Å². The first-order valence-electron chi connectivity index (χ1n) is 7.14. The van der Waals surface area contributed by atoms with Gasteiger partial charge in [0.2, 0.25) is 0 Å². The summed E-state index contributed by atoms with van der Waals surface area (Å²) < 4.78 is 7.37. The van der Waals surface area contributed by atoms with Crippen LogP contribution in [0.4, 0.5) is 0 Å². The largest absolute Gasteiger partial charge is 0.464 e. The smallest absolute Gasteiger partial charge is 0.359 e. The van der Waals surface area contributed by atoms with Gasteiger partial charge in [0.25, 0.3) is 5.91 Å². The fraction of sp³-hybridized carbons (Fsp3) is 0.118. The van der Waals surface area contributed by atoms with Crippen LogP contribution in [0, 0.1) is 0 Å². The van der Waals surface area contributed by atoms with Crippen LogP contribution in [-0.2, 0) is 4.74 Å². The number of esters is 1. The van der Waals surface area contributed by atoms with E-state index in [1.807, 2.05) is 24.3 Å². The number of hydrogen-bond donors (Lipinski definition) is 1. The Kier molecular flexibility index (Phi) is 4.35. The molecular weight excluding hydrogens is 374 g/mol. The molecule has 0 unspecified atom stereocenters. The van der Waals surface area contributed by atoms with Crippen molar-refractivity contribution in [2.45, 2.75) is 0 Å². The van der Waals surface area contributed by atoms with E-state index in [0.717, 1.165) is 10.2 Å². The van der Waals surface area contributed by atoms with Crippen LogP contribution in [0.1, 0.15) is 20.8 Å². The van der Waals surface area contributed by atoms with Gasteiger partial charge in [-0.1, -0.05) is 22.0 Å². The predicted octanol–water partition coefficient (Wildman–Crippen LogP) is 2.93. The van der Waals surface area contributed by atoms with E-state index in [-0.39, 0.29) is 11.6 Å². The summed E-state index contributed by atoms with van der Waals surface area (Å²) in [6, 6.07) is 12.6.